The van der Waals surface area contributed by atoms with Crippen molar-refractivity contribution < 1.29 is 22.5 Å². The average molecular weight is 802 g/mol. The fourth-order valence-corrected chi connectivity index (χ4v) is 15.5. The second-order valence-electron chi connectivity index (χ2n) is 17.6. The Hall–Kier alpha value is -1.61. The number of nitrogens with one attached hydrogen (secondary N) is 1. The van der Waals surface area contributed by atoms with Crippen molar-refractivity contribution in [3.05, 3.63) is 65.4 Å². The quantitative estimate of drug-likeness (QED) is 0.0241. The molecule has 2 aromatic carbocycles. The van der Waals surface area contributed by atoms with Crippen molar-refractivity contribution in [2.75, 3.05) is 0 Å². The minimum absolute atomic E-state index is 0.280. The summed E-state index contributed by atoms with van der Waals surface area (Å²) in [6, 6.07) is 7.72. The van der Waals surface area contributed by atoms with Gasteiger partial charge in [0.1, 0.15) is 25.0 Å². The van der Waals surface area contributed by atoms with Crippen molar-refractivity contribution in [1.82, 2.24) is 0 Å². The smallest absolute Gasteiger partial charge is 0.223 e. The SMILES string of the molecule is CCCCCCCC[CH2][Al-]([CH2]CCCCCCCC)([CH2]CCCCCCCC)[CH2]CCCCCCCC.Fc1cc([NH+]2C=Cc3ccccc32)c(F)c(F)c1F. The van der Waals surface area contributed by atoms with E-state index in [4.69, 9.17) is 0 Å². The van der Waals surface area contributed by atoms with Crippen molar-refractivity contribution >= 4 is 30.5 Å². The molecule has 6 heteroatoms. The van der Waals surface area contributed by atoms with E-state index in [1.165, 1.54) is 154 Å². The summed E-state index contributed by atoms with van der Waals surface area (Å²) in [5, 5.41) is 6.84. The third-order valence-electron chi connectivity index (χ3n) is 12.8. The van der Waals surface area contributed by atoms with E-state index in [9.17, 15) is 17.6 Å². The maximum absolute atomic E-state index is 13.8. The molecule has 2 aromatic rings. The zero-order valence-corrected chi connectivity index (χ0v) is 37.9. The minimum atomic E-state index is -1.79. The molecular weight excluding hydrogens is 718 g/mol. The molecule has 0 spiro atoms. The average Bonchev–Trinajstić information content (AvgIpc) is 3.64. The van der Waals surface area contributed by atoms with Crippen LogP contribution in [0.3, 0.4) is 0 Å². The van der Waals surface area contributed by atoms with Gasteiger partial charge in [-0.15, -0.1) is 0 Å². The van der Waals surface area contributed by atoms with Crippen molar-refractivity contribution in [2.45, 2.75) is 229 Å². The third-order valence-corrected chi connectivity index (χ3v) is 19.3. The fourth-order valence-electron chi connectivity index (χ4n) is 9.16. The van der Waals surface area contributed by atoms with Crippen molar-refractivity contribution in [3.8, 4) is 0 Å². The number of para-hydroxylation sites is 1. The van der Waals surface area contributed by atoms with Gasteiger partial charge in [-0.3, -0.25) is 0 Å². The molecule has 0 saturated carbocycles. The lowest BCUT2D eigenvalue weighted by molar-refractivity contribution is -0.695. The van der Waals surface area contributed by atoms with Crippen molar-refractivity contribution in [3.63, 3.8) is 0 Å². The molecule has 0 amide bonds. The van der Waals surface area contributed by atoms with Gasteiger partial charge in [0.15, 0.2) is 17.3 Å². The first kappa shape index (κ1) is 50.5. The lowest BCUT2D eigenvalue weighted by atomic mass is 10.1. The molecular formula is C50H84AlF4N. The van der Waals surface area contributed by atoms with Crippen molar-refractivity contribution in [1.29, 1.82) is 0 Å². The molecule has 1 unspecified atom stereocenters. The second-order valence-corrected chi connectivity index (χ2v) is 23.3. The van der Waals surface area contributed by atoms with Gasteiger partial charge in [0.05, 0.1) is 0 Å². The lowest BCUT2D eigenvalue weighted by Gasteiger charge is -2.37. The summed E-state index contributed by atoms with van der Waals surface area (Å²) in [6.45, 7) is 9.38. The molecule has 0 fully saturated rings. The Morgan fingerprint density at radius 3 is 1.16 bits per heavy atom. The summed E-state index contributed by atoms with van der Waals surface area (Å²) in [5.74, 6) is -6.37. The van der Waals surface area contributed by atoms with Gasteiger partial charge in [-0.2, -0.15) is 25.5 Å². The van der Waals surface area contributed by atoms with Crippen molar-refractivity contribution in [2.24, 2.45) is 0 Å². The Balaban J connectivity index is 0.000000468. The van der Waals surface area contributed by atoms with E-state index in [1.807, 2.05) is 0 Å². The monoisotopic (exact) mass is 802 g/mol. The van der Waals surface area contributed by atoms with Crippen LogP contribution in [0.15, 0.2) is 36.5 Å². The highest BCUT2D eigenvalue weighted by Crippen LogP contribution is 2.35. The summed E-state index contributed by atoms with van der Waals surface area (Å²) < 4.78 is 53.2. The highest BCUT2D eigenvalue weighted by Gasteiger charge is 2.30. The fraction of sp³-hybridized carbons (Fsp3) is 0.720. The number of unbranched alkanes of at least 4 members (excludes halogenated alkanes) is 24. The standard InChI is InChI=1S/C14H7F4N.4C9H19.Al/c15-9-7-11(13(17)14(18)12(9)16)19-6-5-8-3-1-2-4-10(8)19;4*1-3-5-7-9-8-6-4-2;/h1-7H;4*1,3-9H2,2H3;/q;;;;;-1/p+1. The molecule has 1 atom stereocenters. The molecule has 1 nitrogen and oxygen atoms in total. The van der Waals surface area contributed by atoms with E-state index in [0.717, 1.165) is 5.56 Å². The Kier molecular flexibility index (Phi) is 29.1. The Labute approximate surface area is 345 Å². The highest BCUT2D eigenvalue weighted by atomic mass is 27.2. The van der Waals surface area contributed by atoms with Gasteiger partial charge in [-0.05, 0) is 6.07 Å². The van der Waals surface area contributed by atoms with Crippen LogP contribution in [0.2, 0.25) is 21.1 Å². The summed E-state index contributed by atoms with van der Waals surface area (Å²) in [6.07, 6.45) is 45.1. The van der Waals surface area contributed by atoms with E-state index >= 15 is 0 Å². The lowest BCUT2D eigenvalue weighted by Crippen LogP contribution is -2.96. The molecule has 3 rings (SSSR count). The number of quaternary nitrogens is 1. The molecule has 0 aromatic heterocycles. The van der Waals surface area contributed by atoms with Crippen LogP contribution in [0.25, 0.3) is 6.08 Å². The first-order valence-corrected chi connectivity index (χ1v) is 27.3. The van der Waals surface area contributed by atoms with Crippen LogP contribution in [0.1, 0.15) is 213 Å². The van der Waals surface area contributed by atoms with E-state index in [2.05, 4.69) is 27.7 Å². The summed E-state index contributed by atoms with van der Waals surface area (Å²) in [7, 11) is 0. The maximum Gasteiger partial charge on any atom is 0.223 e. The molecule has 0 radical (unpaired) electrons. The minimum Gasteiger partial charge on any atom is -0.241 e. The molecule has 0 saturated heterocycles. The number of hydrogen-bond donors (Lipinski definition) is 1. The van der Waals surface area contributed by atoms with Gasteiger partial charge in [-0.1, -0.05) is 220 Å². The Morgan fingerprint density at radius 2 is 0.768 bits per heavy atom. The van der Waals surface area contributed by atoms with Gasteiger partial charge in [0.25, 0.3) is 0 Å². The van der Waals surface area contributed by atoms with Crippen LogP contribution in [0, 0.1) is 23.3 Å². The Bertz CT molecular complexity index is 1220. The number of hydrogen-bond acceptors (Lipinski definition) is 0. The zero-order chi connectivity index (χ0) is 40.7. The third kappa shape index (κ3) is 20.4. The Morgan fingerprint density at radius 1 is 0.411 bits per heavy atom. The van der Waals surface area contributed by atoms with E-state index in [1.54, 1.807) is 83.4 Å². The molecule has 0 bridgehead atoms. The van der Waals surface area contributed by atoms with Crippen LogP contribution in [0.5, 0.6) is 0 Å². The van der Waals surface area contributed by atoms with Gasteiger partial charge < -0.3 is 0 Å². The number of benzene rings is 2. The predicted octanol–water partition coefficient (Wildman–Crippen LogP) is 17.5. The molecule has 1 N–H and O–H groups in total. The van der Waals surface area contributed by atoms with Gasteiger partial charge in [-0.25, -0.2) is 18.1 Å². The number of rotatable bonds is 33. The molecule has 56 heavy (non-hydrogen) atoms. The molecule has 320 valence electrons. The predicted molar refractivity (Wildman–Crippen MR) is 239 cm³/mol. The molecule has 1 aliphatic heterocycles. The summed E-state index contributed by atoms with van der Waals surface area (Å²) in [5.41, 5.74) is 1.20. The largest absolute Gasteiger partial charge is 0.241 e. The van der Waals surface area contributed by atoms with Crippen LogP contribution in [-0.4, -0.2) is 13.1 Å². The van der Waals surface area contributed by atoms with Crippen LogP contribution in [-0.2, 0) is 0 Å². The van der Waals surface area contributed by atoms with Gasteiger partial charge in [0.2, 0.25) is 11.6 Å². The van der Waals surface area contributed by atoms with Gasteiger partial charge >= 0.3 is 0 Å². The van der Waals surface area contributed by atoms with Crippen LogP contribution < -0.4 is 4.90 Å². The van der Waals surface area contributed by atoms with Crippen LogP contribution in [0.4, 0.5) is 28.9 Å². The topological polar surface area (TPSA) is 4.44 Å². The van der Waals surface area contributed by atoms with Crippen LogP contribution >= 0.6 is 0 Å². The van der Waals surface area contributed by atoms with E-state index in [-0.39, 0.29) is 5.69 Å². The van der Waals surface area contributed by atoms with Gasteiger partial charge in [0, 0.05) is 23.8 Å². The summed E-state index contributed by atoms with van der Waals surface area (Å²) >= 11 is -1.45. The number of fused-ring (bicyclic) bond motifs is 1. The first-order valence-electron chi connectivity index (χ1n) is 24.0. The summed E-state index contributed by atoms with van der Waals surface area (Å²) in [4.78, 5) is 0.339. The number of halogens is 4. The molecule has 1 heterocycles. The molecule has 1 aliphatic rings. The first-order chi connectivity index (χ1) is 27.3. The van der Waals surface area contributed by atoms with E-state index < -0.39 is 36.3 Å². The molecule has 0 aliphatic carbocycles. The second kappa shape index (κ2) is 32.3. The van der Waals surface area contributed by atoms with E-state index in [0.29, 0.717) is 16.7 Å². The normalized spacial score (nSPS) is 13.6. The zero-order valence-electron chi connectivity index (χ0n) is 36.8. The highest BCUT2D eigenvalue weighted by molar-refractivity contribution is 6.79. The maximum atomic E-state index is 13.8.